The molecule has 0 radical (unpaired) electrons. The Kier molecular flexibility index (Phi) is 10.7. The molecule has 224 valence electrons. The average Bonchev–Trinajstić information content (AvgIpc) is 2.99. The summed E-state index contributed by atoms with van der Waals surface area (Å²) in [6.07, 6.45) is 6.87. The molecule has 42 heavy (non-hydrogen) atoms. The number of rotatable bonds is 12. The van der Waals surface area contributed by atoms with E-state index in [9.17, 15) is 22.4 Å². The zero-order valence-corrected chi connectivity index (χ0v) is 25.2. The van der Waals surface area contributed by atoms with Crippen LogP contribution in [0.25, 0.3) is 0 Å². The molecule has 0 aliphatic heterocycles. The maximum atomic E-state index is 14.2. The molecule has 7 nitrogen and oxygen atoms in total. The standard InChI is InChI=1S/C33H40FN3O4S/c1-3-27-14-10-11-17-30(27)37(42(2,40)41)24-32(38)36(23-26-18-20-28(34)21-19-26)31(22-25-12-6-4-7-13-25)33(39)35-29-15-8-5-9-16-29/h4,6-7,10-14,17-21,29,31H,3,5,8-9,15-16,22-24H2,1-2H3,(H,35,39). The number of hydrogen-bond donors (Lipinski definition) is 1. The fourth-order valence-electron chi connectivity index (χ4n) is 5.53. The predicted molar refractivity (Wildman–Crippen MR) is 164 cm³/mol. The van der Waals surface area contributed by atoms with Crippen molar-refractivity contribution < 1.29 is 22.4 Å². The number of carbonyl (C=O) groups excluding carboxylic acids is 2. The summed E-state index contributed by atoms with van der Waals surface area (Å²) >= 11 is 0. The Bertz CT molecular complexity index is 1440. The Morgan fingerprint density at radius 1 is 0.905 bits per heavy atom. The third-order valence-electron chi connectivity index (χ3n) is 7.81. The quantitative estimate of drug-likeness (QED) is 0.311. The largest absolute Gasteiger partial charge is 0.352 e. The van der Waals surface area contributed by atoms with Crippen molar-refractivity contribution in [2.45, 2.75) is 70.5 Å². The van der Waals surface area contributed by atoms with E-state index in [0.717, 1.165) is 53.8 Å². The van der Waals surface area contributed by atoms with Crippen molar-refractivity contribution in [1.29, 1.82) is 0 Å². The lowest BCUT2D eigenvalue weighted by Gasteiger charge is -2.35. The summed E-state index contributed by atoms with van der Waals surface area (Å²) in [6.45, 7) is 1.47. The molecule has 1 fully saturated rings. The molecule has 3 aromatic carbocycles. The van der Waals surface area contributed by atoms with Crippen molar-refractivity contribution in [3.05, 3.63) is 101 Å². The van der Waals surface area contributed by atoms with Gasteiger partial charge in [-0.05, 0) is 54.2 Å². The van der Waals surface area contributed by atoms with Gasteiger partial charge in [0.1, 0.15) is 18.4 Å². The van der Waals surface area contributed by atoms with Crippen LogP contribution < -0.4 is 9.62 Å². The summed E-state index contributed by atoms with van der Waals surface area (Å²) < 4.78 is 41.0. The molecule has 0 bridgehead atoms. The van der Waals surface area contributed by atoms with Crippen LogP contribution in [0.1, 0.15) is 55.7 Å². The smallest absolute Gasteiger partial charge is 0.244 e. The van der Waals surface area contributed by atoms with Gasteiger partial charge in [-0.2, -0.15) is 0 Å². The van der Waals surface area contributed by atoms with Gasteiger partial charge in [-0.25, -0.2) is 12.8 Å². The molecule has 1 atom stereocenters. The summed E-state index contributed by atoms with van der Waals surface area (Å²) in [5, 5.41) is 3.18. The van der Waals surface area contributed by atoms with Crippen LogP contribution in [0.2, 0.25) is 0 Å². The second-order valence-electron chi connectivity index (χ2n) is 10.9. The molecular weight excluding hydrogens is 553 g/mol. The first kappa shape index (κ1) is 31.2. The number of aryl methyl sites for hydroxylation is 1. The number of sulfonamides is 1. The second-order valence-corrected chi connectivity index (χ2v) is 12.9. The van der Waals surface area contributed by atoms with Gasteiger partial charge in [-0.1, -0.05) is 86.8 Å². The highest BCUT2D eigenvalue weighted by atomic mass is 32.2. The Labute approximate surface area is 248 Å². The van der Waals surface area contributed by atoms with E-state index in [2.05, 4.69) is 5.32 Å². The SMILES string of the molecule is CCc1ccccc1N(CC(=O)N(Cc1ccc(F)cc1)C(Cc1ccccc1)C(=O)NC1CCCCC1)S(C)(=O)=O. The van der Waals surface area contributed by atoms with Gasteiger partial charge < -0.3 is 10.2 Å². The molecule has 9 heteroatoms. The molecule has 0 heterocycles. The first-order valence-corrected chi connectivity index (χ1v) is 16.4. The summed E-state index contributed by atoms with van der Waals surface area (Å²) in [7, 11) is -3.85. The first-order chi connectivity index (χ1) is 20.2. The third kappa shape index (κ3) is 8.41. The molecular formula is C33H40FN3O4S. The molecule has 1 aliphatic carbocycles. The van der Waals surface area contributed by atoms with Crippen LogP contribution >= 0.6 is 0 Å². The molecule has 0 aromatic heterocycles. The Morgan fingerprint density at radius 2 is 1.55 bits per heavy atom. The van der Waals surface area contributed by atoms with E-state index >= 15 is 0 Å². The van der Waals surface area contributed by atoms with Crippen molar-refractivity contribution >= 4 is 27.5 Å². The van der Waals surface area contributed by atoms with E-state index in [4.69, 9.17) is 0 Å². The number of anilines is 1. The Balaban J connectivity index is 1.73. The fraction of sp³-hybridized carbons (Fsp3) is 0.394. The number of para-hydroxylation sites is 1. The number of hydrogen-bond acceptors (Lipinski definition) is 4. The van der Waals surface area contributed by atoms with Gasteiger partial charge in [-0.3, -0.25) is 13.9 Å². The van der Waals surface area contributed by atoms with Gasteiger partial charge >= 0.3 is 0 Å². The van der Waals surface area contributed by atoms with Gasteiger partial charge in [0.2, 0.25) is 21.8 Å². The van der Waals surface area contributed by atoms with Gasteiger partial charge in [0.25, 0.3) is 0 Å². The Hall–Kier alpha value is -3.72. The van der Waals surface area contributed by atoms with Crippen LogP contribution in [0, 0.1) is 5.82 Å². The highest BCUT2D eigenvalue weighted by molar-refractivity contribution is 7.92. The fourth-order valence-corrected chi connectivity index (χ4v) is 6.41. The third-order valence-corrected chi connectivity index (χ3v) is 8.94. The number of amides is 2. The molecule has 2 amide bonds. The molecule has 1 saturated carbocycles. The minimum Gasteiger partial charge on any atom is -0.352 e. The van der Waals surface area contributed by atoms with Gasteiger partial charge in [0.15, 0.2) is 0 Å². The number of benzene rings is 3. The van der Waals surface area contributed by atoms with Gasteiger partial charge in [-0.15, -0.1) is 0 Å². The van der Waals surface area contributed by atoms with Crippen molar-refractivity contribution in [3.8, 4) is 0 Å². The van der Waals surface area contributed by atoms with E-state index in [0.29, 0.717) is 17.7 Å². The maximum absolute atomic E-state index is 14.2. The molecule has 4 rings (SSSR count). The topological polar surface area (TPSA) is 86.8 Å². The lowest BCUT2D eigenvalue weighted by molar-refractivity contribution is -0.140. The van der Waals surface area contributed by atoms with E-state index in [1.54, 1.807) is 24.3 Å². The van der Waals surface area contributed by atoms with Crippen LogP contribution in [0.5, 0.6) is 0 Å². The van der Waals surface area contributed by atoms with Crippen molar-refractivity contribution in [2.75, 3.05) is 17.1 Å². The summed E-state index contributed by atoms with van der Waals surface area (Å²) in [5.41, 5.74) is 2.73. The molecule has 1 N–H and O–H groups in total. The molecule has 1 aliphatic rings. The zero-order valence-electron chi connectivity index (χ0n) is 24.3. The summed E-state index contributed by atoms with van der Waals surface area (Å²) in [5.74, 6) is -1.21. The highest BCUT2D eigenvalue weighted by Crippen LogP contribution is 2.25. The molecule has 3 aromatic rings. The molecule has 1 unspecified atom stereocenters. The minimum absolute atomic E-state index is 0.0156. The van der Waals surface area contributed by atoms with Gasteiger partial charge in [0.05, 0.1) is 11.9 Å². The van der Waals surface area contributed by atoms with E-state index in [-0.39, 0.29) is 24.9 Å². The number of halogens is 1. The van der Waals surface area contributed by atoms with Crippen LogP contribution in [0.3, 0.4) is 0 Å². The lowest BCUT2D eigenvalue weighted by Crippen LogP contribution is -2.55. The lowest BCUT2D eigenvalue weighted by atomic mass is 9.94. The van der Waals surface area contributed by atoms with Gasteiger partial charge in [0, 0.05) is 19.0 Å². The number of carbonyl (C=O) groups is 2. The Morgan fingerprint density at radius 3 is 2.19 bits per heavy atom. The van der Waals surface area contributed by atoms with Crippen LogP contribution in [-0.2, 0) is 39.0 Å². The van der Waals surface area contributed by atoms with E-state index in [1.807, 2.05) is 49.4 Å². The van der Waals surface area contributed by atoms with Crippen molar-refractivity contribution in [1.82, 2.24) is 10.2 Å². The van der Waals surface area contributed by atoms with Crippen LogP contribution in [0.15, 0.2) is 78.9 Å². The molecule has 0 saturated heterocycles. The maximum Gasteiger partial charge on any atom is 0.244 e. The summed E-state index contributed by atoms with van der Waals surface area (Å²) in [6, 6.07) is 21.4. The van der Waals surface area contributed by atoms with Crippen LogP contribution in [0.4, 0.5) is 10.1 Å². The van der Waals surface area contributed by atoms with Crippen molar-refractivity contribution in [3.63, 3.8) is 0 Å². The minimum atomic E-state index is -3.85. The highest BCUT2D eigenvalue weighted by Gasteiger charge is 2.34. The van der Waals surface area contributed by atoms with E-state index < -0.39 is 34.3 Å². The van der Waals surface area contributed by atoms with E-state index in [1.165, 1.54) is 17.0 Å². The second kappa shape index (κ2) is 14.4. The average molecular weight is 594 g/mol. The first-order valence-electron chi connectivity index (χ1n) is 14.6. The number of nitrogens with one attached hydrogen (secondary N) is 1. The normalized spacial score (nSPS) is 14.6. The zero-order chi connectivity index (χ0) is 30.1. The monoisotopic (exact) mass is 593 g/mol. The number of nitrogens with zero attached hydrogens (tertiary/aromatic N) is 2. The van der Waals surface area contributed by atoms with Crippen LogP contribution in [-0.4, -0.2) is 50.0 Å². The molecule has 0 spiro atoms. The van der Waals surface area contributed by atoms with Crippen molar-refractivity contribution in [2.24, 2.45) is 0 Å². The summed E-state index contributed by atoms with van der Waals surface area (Å²) in [4.78, 5) is 29.7. The predicted octanol–water partition coefficient (Wildman–Crippen LogP) is 5.24.